The Morgan fingerprint density at radius 1 is 1.26 bits per heavy atom. The average molecular weight is 445 g/mol. The van der Waals surface area contributed by atoms with E-state index in [1.165, 1.54) is 21.1 Å². The Morgan fingerprint density at radius 3 is 2.65 bits per heavy atom. The second-order valence-corrected chi connectivity index (χ2v) is 7.97. The summed E-state index contributed by atoms with van der Waals surface area (Å²) in [5, 5.41) is 14.4. The van der Waals surface area contributed by atoms with Gasteiger partial charge in [-0.3, -0.25) is 9.36 Å². The number of amides is 1. The van der Waals surface area contributed by atoms with Crippen LogP contribution in [0.2, 0.25) is 0 Å². The van der Waals surface area contributed by atoms with Gasteiger partial charge in [0.05, 0.1) is 11.6 Å². The molecule has 1 amide bonds. The number of rotatable bonds is 5. The number of oxazole rings is 1. The molecule has 3 atom stereocenters. The maximum absolute atomic E-state index is 11.6. The number of fused-ring (bicyclic) bond motifs is 2. The molecule has 31 heavy (non-hydrogen) atoms. The van der Waals surface area contributed by atoms with E-state index in [1.807, 2.05) is 24.3 Å². The van der Waals surface area contributed by atoms with E-state index in [9.17, 15) is 9.90 Å². The lowest BCUT2D eigenvalue weighted by atomic mass is 9.84. The van der Waals surface area contributed by atoms with Crippen molar-refractivity contribution in [3.63, 3.8) is 0 Å². The van der Waals surface area contributed by atoms with Gasteiger partial charge in [-0.2, -0.15) is 0 Å². The smallest absolute Gasteiger partial charge is 0.270 e. The first-order valence-corrected chi connectivity index (χ1v) is 10.1. The molecule has 1 aliphatic rings. The van der Waals surface area contributed by atoms with E-state index in [0.29, 0.717) is 22.6 Å². The van der Waals surface area contributed by atoms with E-state index in [1.54, 1.807) is 29.7 Å². The molecule has 2 N–H and O–H groups in total. The van der Waals surface area contributed by atoms with Gasteiger partial charge >= 0.3 is 0 Å². The van der Waals surface area contributed by atoms with Gasteiger partial charge in [0.25, 0.3) is 4.84 Å². The van der Waals surface area contributed by atoms with E-state index in [2.05, 4.69) is 5.32 Å². The van der Waals surface area contributed by atoms with Crippen LogP contribution in [-0.4, -0.2) is 47.8 Å². The van der Waals surface area contributed by atoms with Crippen molar-refractivity contribution in [1.82, 2.24) is 4.57 Å². The number of aliphatic hydroxyl groups is 1. The van der Waals surface area contributed by atoms with Gasteiger partial charge in [-0.15, -0.1) is 0 Å². The van der Waals surface area contributed by atoms with E-state index < -0.39 is 24.0 Å². The highest BCUT2D eigenvalue weighted by Crippen LogP contribution is 2.46. The number of hydrogen-bond acceptors (Lipinski definition) is 7. The van der Waals surface area contributed by atoms with Crippen molar-refractivity contribution in [3.05, 3.63) is 52.9 Å². The highest BCUT2D eigenvalue weighted by atomic mass is 32.1. The van der Waals surface area contributed by atoms with Crippen LogP contribution in [0, 0.1) is 4.84 Å². The van der Waals surface area contributed by atoms with Crippen LogP contribution < -0.4 is 10.1 Å². The van der Waals surface area contributed by atoms with E-state index >= 15 is 0 Å². The number of methoxy groups -OCH3 is 2. The van der Waals surface area contributed by atoms with Crippen molar-refractivity contribution in [2.75, 3.05) is 19.5 Å². The van der Waals surface area contributed by atoms with Gasteiger partial charge < -0.3 is 29.1 Å². The quantitative estimate of drug-likeness (QED) is 0.458. The Balaban J connectivity index is 1.97. The number of benzene rings is 2. The summed E-state index contributed by atoms with van der Waals surface area (Å²) in [5.74, 6) is 0.306. The van der Waals surface area contributed by atoms with Crippen molar-refractivity contribution in [3.8, 4) is 5.75 Å². The van der Waals surface area contributed by atoms with Crippen LogP contribution in [0.25, 0.3) is 11.1 Å². The summed E-state index contributed by atoms with van der Waals surface area (Å²) in [6.07, 6.45) is -1.99. The molecule has 0 radical (unpaired) electrons. The zero-order valence-corrected chi connectivity index (χ0v) is 18.4. The fraction of sp³-hybridized carbons (Fsp3) is 0.364. The minimum absolute atomic E-state index is 0.205. The monoisotopic (exact) mass is 444 g/mol. The topological polar surface area (TPSA) is 95.1 Å². The van der Waals surface area contributed by atoms with Crippen molar-refractivity contribution >= 4 is 34.9 Å². The molecule has 1 aromatic heterocycles. The number of carbonyl (C=O) groups excluding carboxylic acids is 1. The lowest BCUT2D eigenvalue weighted by molar-refractivity contribution is -0.238. The normalized spacial score (nSPS) is 22.9. The first-order valence-electron chi connectivity index (χ1n) is 9.74. The minimum Gasteiger partial charge on any atom is -0.479 e. The minimum atomic E-state index is -1.26. The molecule has 0 saturated carbocycles. The van der Waals surface area contributed by atoms with Crippen molar-refractivity contribution in [2.24, 2.45) is 0 Å². The Labute approximate surface area is 184 Å². The predicted molar refractivity (Wildman–Crippen MR) is 117 cm³/mol. The molecular formula is C22H24N2O6S. The molecule has 0 bridgehead atoms. The van der Waals surface area contributed by atoms with Gasteiger partial charge in [-0.1, -0.05) is 12.1 Å². The molecule has 3 aromatic rings. The summed E-state index contributed by atoms with van der Waals surface area (Å²) >= 11 is 5.53. The molecule has 2 aromatic carbocycles. The van der Waals surface area contributed by atoms with Crippen LogP contribution in [0.4, 0.5) is 5.69 Å². The lowest BCUT2D eigenvalue weighted by Crippen LogP contribution is -2.60. The van der Waals surface area contributed by atoms with Crippen LogP contribution in [0.5, 0.6) is 5.75 Å². The standard InChI is InChI=1S/C22H24N2O6S/c1-12(25)23-13-9-10-16-14(11-13)18(19(26)22(2,30-16)20(27-3)28-4)24-15-7-5-6-8-17(15)29-21(24)31/h5-11,18-20,26H,1-4H3,(H,23,25)/t18-,19-,22-/m1/s1. The number of ether oxygens (including phenoxy) is 3. The first-order chi connectivity index (χ1) is 14.8. The molecule has 0 spiro atoms. The maximum Gasteiger partial charge on any atom is 0.270 e. The van der Waals surface area contributed by atoms with Crippen molar-refractivity contribution in [2.45, 2.75) is 37.9 Å². The fourth-order valence-electron chi connectivity index (χ4n) is 4.21. The third-order valence-corrected chi connectivity index (χ3v) is 5.84. The Hall–Kier alpha value is -2.72. The van der Waals surface area contributed by atoms with Gasteiger partial charge in [0.2, 0.25) is 5.91 Å². The number of nitrogens with zero attached hydrogens (tertiary/aromatic N) is 1. The van der Waals surface area contributed by atoms with E-state index in [0.717, 1.165) is 5.52 Å². The zero-order chi connectivity index (χ0) is 22.3. The van der Waals surface area contributed by atoms with Gasteiger partial charge in [-0.05, 0) is 49.5 Å². The number of para-hydroxylation sites is 2. The summed E-state index contributed by atoms with van der Waals surface area (Å²) in [4.78, 5) is 11.8. The molecule has 0 fully saturated rings. The molecule has 2 heterocycles. The molecule has 9 heteroatoms. The van der Waals surface area contributed by atoms with Crippen LogP contribution in [0.1, 0.15) is 25.5 Å². The van der Waals surface area contributed by atoms with Gasteiger partial charge in [-0.25, -0.2) is 0 Å². The summed E-state index contributed by atoms with van der Waals surface area (Å²) in [7, 11) is 2.97. The number of carbonyl (C=O) groups is 1. The molecule has 164 valence electrons. The highest BCUT2D eigenvalue weighted by molar-refractivity contribution is 7.71. The largest absolute Gasteiger partial charge is 0.479 e. The summed E-state index contributed by atoms with van der Waals surface area (Å²) in [6, 6.07) is 12.0. The number of anilines is 1. The Bertz CT molecular complexity index is 1180. The lowest BCUT2D eigenvalue weighted by Gasteiger charge is -2.46. The number of nitrogens with one attached hydrogen (secondary N) is 1. The number of aliphatic hydroxyl groups excluding tert-OH is 1. The number of hydrogen-bond donors (Lipinski definition) is 2. The summed E-state index contributed by atoms with van der Waals surface area (Å²) < 4.78 is 24.7. The van der Waals surface area contributed by atoms with E-state index in [-0.39, 0.29) is 10.7 Å². The molecule has 0 aliphatic carbocycles. The number of aromatic nitrogens is 1. The molecule has 8 nitrogen and oxygen atoms in total. The summed E-state index contributed by atoms with van der Waals surface area (Å²) in [5.41, 5.74) is 1.28. The van der Waals surface area contributed by atoms with Crippen LogP contribution >= 0.6 is 12.2 Å². The molecule has 1 aliphatic heterocycles. The van der Waals surface area contributed by atoms with Gasteiger partial charge in [0, 0.05) is 32.4 Å². The van der Waals surface area contributed by atoms with Crippen LogP contribution in [0.3, 0.4) is 0 Å². The zero-order valence-electron chi connectivity index (χ0n) is 17.6. The second-order valence-electron chi connectivity index (χ2n) is 7.62. The van der Waals surface area contributed by atoms with Gasteiger partial charge in [0.1, 0.15) is 11.9 Å². The third-order valence-electron chi connectivity index (χ3n) is 5.56. The fourth-order valence-corrected chi connectivity index (χ4v) is 4.52. The van der Waals surface area contributed by atoms with E-state index in [4.69, 9.17) is 30.8 Å². The first kappa shape index (κ1) is 21.5. The van der Waals surface area contributed by atoms with Gasteiger partial charge in [0.15, 0.2) is 17.5 Å². The predicted octanol–water partition coefficient (Wildman–Crippen LogP) is 3.64. The SMILES string of the molecule is COC(OC)[C@]1(C)Oc2ccc(NC(C)=O)cc2[C@@H](n2c(=S)oc3ccccc32)[C@H]1O. The summed E-state index contributed by atoms with van der Waals surface area (Å²) in [6.45, 7) is 3.15. The van der Waals surface area contributed by atoms with Crippen molar-refractivity contribution in [1.29, 1.82) is 0 Å². The van der Waals surface area contributed by atoms with Crippen molar-refractivity contribution < 1.29 is 28.5 Å². The molecule has 0 unspecified atom stereocenters. The van der Waals surface area contributed by atoms with Crippen LogP contribution in [0.15, 0.2) is 46.9 Å². The third kappa shape index (κ3) is 3.53. The highest BCUT2D eigenvalue weighted by Gasteiger charge is 2.53. The Morgan fingerprint density at radius 2 is 1.97 bits per heavy atom. The average Bonchev–Trinajstić information content (AvgIpc) is 3.05. The second kappa shape index (κ2) is 8.08. The molecular weight excluding hydrogens is 420 g/mol. The molecule has 4 rings (SSSR count). The Kier molecular flexibility index (Phi) is 5.61. The maximum atomic E-state index is 11.6. The van der Waals surface area contributed by atoms with Crippen LogP contribution in [-0.2, 0) is 14.3 Å². The molecule has 0 saturated heterocycles.